The fraction of sp³-hybridized carbons (Fsp3) is 0.545. The van der Waals surface area contributed by atoms with Gasteiger partial charge in [0.05, 0.1) is 0 Å². The van der Waals surface area contributed by atoms with Crippen LogP contribution in [0.5, 0.6) is 0 Å². The molecule has 0 radical (unpaired) electrons. The Morgan fingerprint density at radius 2 is 2.00 bits per heavy atom. The number of rotatable bonds is 9. The van der Waals surface area contributed by atoms with Crippen LogP contribution in [0.2, 0.25) is 0 Å². The Morgan fingerprint density at radius 1 is 1.20 bits per heavy atom. The van der Waals surface area contributed by atoms with E-state index in [9.17, 15) is 4.39 Å². The van der Waals surface area contributed by atoms with Crippen molar-refractivity contribution in [1.29, 1.82) is 0 Å². The van der Waals surface area contributed by atoms with Crippen LogP contribution in [0.15, 0.2) is 47.7 Å². The van der Waals surface area contributed by atoms with Crippen molar-refractivity contribution in [1.82, 2.24) is 25.3 Å². The maximum Gasteiger partial charge on any atom is 0.191 e. The van der Waals surface area contributed by atoms with Crippen molar-refractivity contribution in [2.24, 2.45) is 10.9 Å². The van der Waals surface area contributed by atoms with Crippen molar-refractivity contribution in [2.75, 3.05) is 32.7 Å². The van der Waals surface area contributed by atoms with Gasteiger partial charge in [-0.1, -0.05) is 18.2 Å². The van der Waals surface area contributed by atoms with E-state index in [1.54, 1.807) is 18.3 Å². The van der Waals surface area contributed by atoms with Crippen LogP contribution in [0.1, 0.15) is 31.7 Å². The van der Waals surface area contributed by atoms with Gasteiger partial charge >= 0.3 is 0 Å². The normalized spacial score (nSPS) is 15.6. The summed E-state index contributed by atoms with van der Waals surface area (Å²) in [6, 6.07) is 9.02. The first-order valence-corrected chi connectivity index (χ1v) is 10.7. The molecule has 2 heterocycles. The summed E-state index contributed by atoms with van der Waals surface area (Å²) in [5.74, 6) is 1.38. The van der Waals surface area contributed by atoms with Crippen LogP contribution >= 0.6 is 24.0 Å². The molecule has 6 nitrogen and oxygen atoms in total. The second kappa shape index (κ2) is 13.6. The molecule has 0 aliphatic carbocycles. The van der Waals surface area contributed by atoms with Crippen LogP contribution in [0.4, 0.5) is 4.39 Å². The topological polar surface area (TPSA) is 57.5 Å². The second-order valence-electron chi connectivity index (χ2n) is 7.58. The summed E-state index contributed by atoms with van der Waals surface area (Å²) in [5.41, 5.74) is 0.790. The zero-order valence-electron chi connectivity index (χ0n) is 17.8. The monoisotopic (exact) mass is 528 g/mol. The van der Waals surface area contributed by atoms with Gasteiger partial charge in [-0.3, -0.25) is 14.6 Å². The van der Waals surface area contributed by atoms with Crippen LogP contribution in [0.3, 0.4) is 0 Å². The van der Waals surface area contributed by atoms with Crippen LogP contribution < -0.4 is 10.6 Å². The first kappa shape index (κ1) is 24.6. The average molecular weight is 528 g/mol. The van der Waals surface area contributed by atoms with Crippen LogP contribution in [0, 0.1) is 11.7 Å². The van der Waals surface area contributed by atoms with E-state index in [1.165, 1.54) is 0 Å². The summed E-state index contributed by atoms with van der Waals surface area (Å²) in [4.78, 5) is 7.13. The summed E-state index contributed by atoms with van der Waals surface area (Å²) in [5, 5.41) is 11.0. The number of aromatic nitrogens is 2. The van der Waals surface area contributed by atoms with E-state index in [0.29, 0.717) is 12.5 Å². The quantitative estimate of drug-likeness (QED) is 0.227. The molecule has 0 atom stereocenters. The van der Waals surface area contributed by atoms with Crippen LogP contribution in [-0.4, -0.2) is 53.4 Å². The summed E-state index contributed by atoms with van der Waals surface area (Å²) in [6.07, 6.45) is 7.01. The molecule has 0 bridgehead atoms. The van der Waals surface area contributed by atoms with Gasteiger partial charge in [-0.25, -0.2) is 4.39 Å². The lowest BCUT2D eigenvalue weighted by molar-refractivity contribution is 0.179. The molecule has 0 spiro atoms. The summed E-state index contributed by atoms with van der Waals surface area (Å²) in [7, 11) is 0. The molecule has 3 rings (SSSR count). The molecule has 2 N–H and O–H groups in total. The zero-order chi connectivity index (χ0) is 20.3. The molecule has 1 aromatic carbocycles. The van der Waals surface area contributed by atoms with Gasteiger partial charge in [-0.05, 0) is 57.3 Å². The highest BCUT2D eigenvalue weighted by Crippen LogP contribution is 2.20. The number of hydrogen-bond donors (Lipinski definition) is 2. The van der Waals surface area contributed by atoms with Gasteiger partial charge in [-0.15, -0.1) is 24.0 Å². The first-order chi connectivity index (χ1) is 14.2. The molecule has 1 saturated heterocycles. The number of piperidine rings is 1. The fourth-order valence-electron chi connectivity index (χ4n) is 3.64. The van der Waals surface area contributed by atoms with Gasteiger partial charge in [0.25, 0.3) is 0 Å². The third kappa shape index (κ3) is 8.22. The third-order valence-corrected chi connectivity index (χ3v) is 5.33. The number of benzene rings is 1. The number of aryl methyl sites for hydroxylation is 1. The standard InChI is InChI=1S/C22H33FN6.HI/c1-2-24-22(25-11-5-13-29-14-6-12-27-29)26-17-19-9-15-28(16-10-19)18-20-7-3-4-8-21(20)23;/h3-4,6-8,12,14,19H,2,5,9-11,13,15-18H2,1H3,(H2,24,25,26);1H. The molecular formula is C22H34FIN6. The van der Waals surface area contributed by atoms with Gasteiger partial charge in [0.15, 0.2) is 5.96 Å². The predicted octanol–water partition coefficient (Wildman–Crippen LogP) is 3.50. The van der Waals surface area contributed by atoms with Crippen molar-refractivity contribution in [3.8, 4) is 0 Å². The highest BCUT2D eigenvalue weighted by atomic mass is 127. The third-order valence-electron chi connectivity index (χ3n) is 5.33. The van der Waals surface area contributed by atoms with Gasteiger partial charge in [-0.2, -0.15) is 5.10 Å². The molecule has 0 saturated carbocycles. The Hall–Kier alpha value is -1.68. The molecule has 1 fully saturated rings. The summed E-state index contributed by atoms with van der Waals surface area (Å²) >= 11 is 0. The van der Waals surface area contributed by atoms with Gasteiger partial charge < -0.3 is 10.6 Å². The van der Waals surface area contributed by atoms with Crippen molar-refractivity contribution in [3.63, 3.8) is 0 Å². The minimum atomic E-state index is -0.104. The SMILES string of the molecule is CCNC(=NCC1CCN(Cc2ccccc2F)CC1)NCCCn1cccn1.I. The van der Waals surface area contributed by atoms with E-state index in [4.69, 9.17) is 4.99 Å². The maximum atomic E-state index is 13.8. The van der Waals surface area contributed by atoms with Crippen LogP contribution in [0.25, 0.3) is 0 Å². The number of aliphatic imine (C=N–C) groups is 1. The maximum absolute atomic E-state index is 13.8. The van der Waals surface area contributed by atoms with E-state index in [0.717, 1.165) is 70.1 Å². The largest absolute Gasteiger partial charge is 0.357 e. The second-order valence-corrected chi connectivity index (χ2v) is 7.58. The smallest absolute Gasteiger partial charge is 0.191 e. The van der Waals surface area contributed by atoms with E-state index in [-0.39, 0.29) is 29.8 Å². The van der Waals surface area contributed by atoms with E-state index < -0.39 is 0 Å². The molecule has 8 heteroatoms. The highest BCUT2D eigenvalue weighted by Gasteiger charge is 2.20. The Kier molecular flexibility index (Phi) is 11.1. The lowest BCUT2D eigenvalue weighted by Crippen LogP contribution is -2.39. The van der Waals surface area contributed by atoms with Crippen molar-refractivity contribution < 1.29 is 4.39 Å². The van der Waals surface area contributed by atoms with E-state index in [1.807, 2.05) is 29.1 Å². The van der Waals surface area contributed by atoms with Gasteiger partial charge in [0.2, 0.25) is 0 Å². The minimum absolute atomic E-state index is 0. The number of nitrogens with one attached hydrogen (secondary N) is 2. The molecule has 1 aliphatic rings. The first-order valence-electron chi connectivity index (χ1n) is 10.7. The lowest BCUT2D eigenvalue weighted by atomic mass is 9.96. The summed E-state index contributed by atoms with van der Waals surface area (Å²) in [6.45, 7) is 8.25. The van der Waals surface area contributed by atoms with E-state index >= 15 is 0 Å². The van der Waals surface area contributed by atoms with Crippen LogP contribution in [-0.2, 0) is 13.1 Å². The fourth-order valence-corrected chi connectivity index (χ4v) is 3.64. The molecule has 1 aromatic heterocycles. The Bertz CT molecular complexity index is 744. The number of hydrogen-bond acceptors (Lipinski definition) is 3. The molecule has 1 aliphatic heterocycles. The Labute approximate surface area is 196 Å². The number of likely N-dealkylation sites (tertiary alicyclic amines) is 1. The Balaban J connectivity index is 0.00000320. The molecule has 30 heavy (non-hydrogen) atoms. The predicted molar refractivity (Wildman–Crippen MR) is 131 cm³/mol. The lowest BCUT2D eigenvalue weighted by Gasteiger charge is -2.31. The summed E-state index contributed by atoms with van der Waals surface area (Å²) < 4.78 is 15.8. The molecular weight excluding hydrogens is 494 g/mol. The number of halogens is 2. The van der Waals surface area contributed by atoms with Crippen molar-refractivity contribution in [2.45, 2.75) is 39.3 Å². The molecule has 0 unspecified atom stereocenters. The highest BCUT2D eigenvalue weighted by molar-refractivity contribution is 14.0. The van der Waals surface area contributed by atoms with Crippen molar-refractivity contribution >= 4 is 29.9 Å². The number of guanidine groups is 1. The van der Waals surface area contributed by atoms with Gasteiger partial charge in [0.1, 0.15) is 5.82 Å². The molecule has 0 amide bonds. The van der Waals surface area contributed by atoms with Crippen molar-refractivity contribution in [3.05, 3.63) is 54.1 Å². The molecule has 2 aromatic rings. The minimum Gasteiger partial charge on any atom is -0.357 e. The number of nitrogens with zero attached hydrogens (tertiary/aromatic N) is 4. The average Bonchev–Trinajstić information content (AvgIpc) is 3.25. The van der Waals surface area contributed by atoms with Gasteiger partial charge in [0, 0.05) is 50.7 Å². The zero-order valence-corrected chi connectivity index (χ0v) is 20.1. The molecule has 166 valence electrons. The Morgan fingerprint density at radius 3 is 2.70 bits per heavy atom. The van der Waals surface area contributed by atoms with E-state index in [2.05, 4.69) is 27.6 Å².